The van der Waals surface area contributed by atoms with E-state index in [1.807, 2.05) is 57.7 Å². The van der Waals surface area contributed by atoms with Crippen LogP contribution in [0.3, 0.4) is 0 Å². The van der Waals surface area contributed by atoms with Crippen LogP contribution in [0.5, 0.6) is 5.75 Å². The average molecular weight is 401 g/mol. The summed E-state index contributed by atoms with van der Waals surface area (Å²) in [5.74, 6) is 1.24. The van der Waals surface area contributed by atoms with Crippen molar-refractivity contribution < 1.29 is 19.1 Å². The van der Waals surface area contributed by atoms with Gasteiger partial charge in [-0.15, -0.1) is 0 Å². The van der Waals surface area contributed by atoms with E-state index in [9.17, 15) is 9.59 Å². The van der Waals surface area contributed by atoms with Gasteiger partial charge in [-0.05, 0) is 52.8 Å². The first-order chi connectivity index (χ1) is 13.6. The zero-order chi connectivity index (χ0) is 20.9. The summed E-state index contributed by atoms with van der Waals surface area (Å²) in [6, 6.07) is 5.54. The number of nitrogens with one attached hydrogen (secondary N) is 2. The standard InChI is InChI=1S/C20H27N5O4/c1-11-14(9-24(11)19(27)29-20(3,4)5)21-13-6-7-16-15(8-13)25-12(2)18(26)23-22-17(25)10-28-16/h6-8,11-12,14,21H,9-10H2,1-5H3,(H,23,26). The second-order valence-electron chi connectivity index (χ2n) is 8.65. The predicted octanol–water partition coefficient (Wildman–Crippen LogP) is 2.14. The number of amides is 2. The summed E-state index contributed by atoms with van der Waals surface area (Å²) in [6.45, 7) is 10.3. The zero-order valence-electron chi connectivity index (χ0n) is 17.4. The van der Waals surface area contributed by atoms with Crippen LogP contribution in [0.4, 0.5) is 16.2 Å². The fraction of sp³-hybridized carbons (Fsp3) is 0.550. The maximum absolute atomic E-state index is 12.3. The summed E-state index contributed by atoms with van der Waals surface area (Å²) in [5, 5.41) is 7.59. The van der Waals surface area contributed by atoms with Crippen molar-refractivity contribution in [2.45, 2.75) is 58.3 Å². The van der Waals surface area contributed by atoms with Gasteiger partial charge in [-0.3, -0.25) is 4.79 Å². The number of nitrogens with zero attached hydrogens (tertiary/aromatic N) is 3. The molecular formula is C20H27N5O4. The molecule has 9 heteroatoms. The van der Waals surface area contributed by atoms with E-state index in [-0.39, 0.29) is 30.1 Å². The minimum atomic E-state index is -0.509. The molecule has 1 saturated heterocycles. The SMILES string of the molecule is CC1C(Nc2ccc3c(c2)N2C(=NNC(=O)C2C)CO3)CN1C(=O)OC(C)(C)C. The van der Waals surface area contributed by atoms with E-state index in [0.29, 0.717) is 24.7 Å². The Morgan fingerprint density at radius 2 is 2.10 bits per heavy atom. The third-order valence-electron chi connectivity index (χ3n) is 5.36. The number of rotatable bonds is 2. The van der Waals surface area contributed by atoms with E-state index < -0.39 is 5.60 Å². The number of likely N-dealkylation sites (tertiary alicyclic amines) is 1. The van der Waals surface area contributed by atoms with Crippen molar-refractivity contribution in [2.24, 2.45) is 5.10 Å². The van der Waals surface area contributed by atoms with Crippen LogP contribution in [-0.4, -0.2) is 59.6 Å². The molecule has 2 amide bonds. The van der Waals surface area contributed by atoms with Gasteiger partial charge in [0.25, 0.3) is 5.91 Å². The third kappa shape index (κ3) is 3.56. The number of carbonyl (C=O) groups excluding carboxylic acids is 2. The highest BCUT2D eigenvalue weighted by atomic mass is 16.6. The lowest BCUT2D eigenvalue weighted by molar-refractivity contribution is -0.122. The van der Waals surface area contributed by atoms with Gasteiger partial charge >= 0.3 is 6.09 Å². The lowest BCUT2D eigenvalue weighted by Gasteiger charge is -2.47. The van der Waals surface area contributed by atoms with Gasteiger partial charge in [0, 0.05) is 12.2 Å². The van der Waals surface area contributed by atoms with Crippen LogP contribution >= 0.6 is 0 Å². The number of fused-ring (bicyclic) bond motifs is 3. The summed E-state index contributed by atoms with van der Waals surface area (Å²) >= 11 is 0. The van der Waals surface area contributed by atoms with Gasteiger partial charge in [-0.2, -0.15) is 5.10 Å². The van der Waals surface area contributed by atoms with E-state index in [1.54, 1.807) is 4.90 Å². The molecule has 3 heterocycles. The first-order valence-electron chi connectivity index (χ1n) is 9.83. The number of benzene rings is 1. The average Bonchev–Trinajstić information content (AvgIpc) is 2.65. The minimum absolute atomic E-state index is 0.00828. The Labute approximate surface area is 170 Å². The normalized spacial score (nSPS) is 25.6. The van der Waals surface area contributed by atoms with Crippen LogP contribution in [-0.2, 0) is 9.53 Å². The first kappa shape index (κ1) is 19.4. The molecule has 1 aromatic carbocycles. The molecule has 3 atom stereocenters. The number of ether oxygens (including phenoxy) is 2. The second-order valence-corrected chi connectivity index (χ2v) is 8.65. The molecule has 3 unspecified atom stereocenters. The Bertz CT molecular complexity index is 878. The Balaban J connectivity index is 1.47. The number of anilines is 2. The highest BCUT2D eigenvalue weighted by Crippen LogP contribution is 2.37. The molecule has 3 aliphatic rings. The van der Waals surface area contributed by atoms with Crippen LogP contribution in [0.25, 0.3) is 0 Å². The van der Waals surface area contributed by atoms with Crippen LogP contribution in [0.2, 0.25) is 0 Å². The monoisotopic (exact) mass is 401 g/mol. The van der Waals surface area contributed by atoms with Crippen molar-refractivity contribution in [1.29, 1.82) is 0 Å². The molecule has 3 aliphatic heterocycles. The van der Waals surface area contributed by atoms with E-state index in [4.69, 9.17) is 9.47 Å². The zero-order valence-corrected chi connectivity index (χ0v) is 17.4. The van der Waals surface area contributed by atoms with Crippen LogP contribution < -0.4 is 20.4 Å². The number of hydrazone groups is 1. The molecule has 0 spiro atoms. The fourth-order valence-corrected chi connectivity index (χ4v) is 3.67. The van der Waals surface area contributed by atoms with Crippen molar-refractivity contribution in [2.75, 3.05) is 23.4 Å². The molecule has 29 heavy (non-hydrogen) atoms. The lowest BCUT2D eigenvalue weighted by atomic mass is 9.98. The van der Waals surface area contributed by atoms with Gasteiger partial charge in [0.2, 0.25) is 0 Å². The van der Waals surface area contributed by atoms with E-state index in [2.05, 4.69) is 15.8 Å². The molecule has 156 valence electrons. The largest absolute Gasteiger partial charge is 0.483 e. The number of hydrogen-bond acceptors (Lipinski definition) is 7. The van der Waals surface area contributed by atoms with Crippen LogP contribution in [0, 0.1) is 0 Å². The summed E-state index contributed by atoms with van der Waals surface area (Å²) in [4.78, 5) is 27.9. The Hall–Kier alpha value is -2.97. The molecule has 2 N–H and O–H groups in total. The Morgan fingerprint density at radius 1 is 1.34 bits per heavy atom. The van der Waals surface area contributed by atoms with E-state index >= 15 is 0 Å². The third-order valence-corrected chi connectivity index (χ3v) is 5.36. The highest BCUT2D eigenvalue weighted by molar-refractivity contribution is 6.09. The van der Waals surface area contributed by atoms with Crippen LogP contribution in [0.1, 0.15) is 34.6 Å². The van der Waals surface area contributed by atoms with Crippen LogP contribution in [0.15, 0.2) is 23.3 Å². The smallest absolute Gasteiger partial charge is 0.410 e. The quantitative estimate of drug-likeness (QED) is 0.788. The highest BCUT2D eigenvalue weighted by Gasteiger charge is 2.41. The summed E-state index contributed by atoms with van der Waals surface area (Å²) < 4.78 is 11.2. The molecule has 4 rings (SSSR count). The Morgan fingerprint density at radius 3 is 2.79 bits per heavy atom. The topological polar surface area (TPSA) is 95.5 Å². The molecule has 0 bridgehead atoms. The maximum Gasteiger partial charge on any atom is 0.410 e. The first-order valence-corrected chi connectivity index (χ1v) is 9.83. The molecule has 1 fully saturated rings. The van der Waals surface area contributed by atoms with Gasteiger partial charge in [0.1, 0.15) is 24.0 Å². The van der Waals surface area contributed by atoms with Crippen molar-refractivity contribution in [3.8, 4) is 5.75 Å². The lowest BCUT2D eigenvalue weighted by Crippen LogP contribution is -2.64. The van der Waals surface area contributed by atoms with E-state index in [1.165, 1.54) is 0 Å². The molecule has 1 aromatic rings. The summed E-state index contributed by atoms with van der Waals surface area (Å²) in [7, 11) is 0. The summed E-state index contributed by atoms with van der Waals surface area (Å²) in [5.41, 5.74) is 3.72. The van der Waals surface area contributed by atoms with Gasteiger partial charge < -0.3 is 24.6 Å². The molecule has 0 radical (unpaired) electrons. The Kier molecular flexibility index (Phi) is 4.55. The van der Waals surface area contributed by atoms with Crippen molar-refractivity contribution >= 4 is 29.2 Å². The number of hydrogen-bond donors (Lipinski definition) is 2. The molecule has 9 nitrogen and oxygen atoms in total. The molecule has 0 saturated carbocycles. The second kappa shape index (κ2) is 6.82. The van der Waals surface area contributed by atoms with E-state index in [0.717, 1.165) is 11.4 Å². The molecule has 0 aliphatic carbocycles. The minimum Gasteiger partial charge on any atom is -0.483 e. The van der Waals surface area contributed by atoms with Crippen molar-refractivity contribution in [1.82, 2.24) is 10.3 Å². The summed E-state index contributed by atoms with van der Waals surface area (Å²) in [6.07, 6.45) is -0.295. The van der Waals surface area contributed by atoms with Crippen molar-refractivity contribution in [3.63, 3.8) is 0 Å². The predicted molar refractivity (Wildman–Crippen MR) is 109 cm³/mol. The maximum atomic E-state index is 12.3. The van der Waals surface area contributed by atoms with Gasteiger partial charge in [0.15, 0.2) is 5.84 Å². The molecule has 0 aromatic heterocycles. The van der Waals surface area contributed by atoms with Gasteiger partial charge in [-0.1, -0.05) is 0 Å². The van der Waals surface area contributed by atoms with Gasteiger partial charge in [0.05, 0.1) is 17.8 Å². The number of carbonyl (C=O) groups is 2. The fourth-order valence-electron chi connectivity index (χ4n) is 3.67. The number of amidine groups is 1. The van der Waals surface area contributed by atoms with Gasteiger partial charge in [-0.25, -0.2) is 10.2 Å². The molecular weight excluding hydrogens is 374 g/mol. The van der Waals surface area contributed by atoms with Crippen molar-refractivity contribution in [3.05, 3.63) is 18.2 Å².